The van der Waals surface area contributed by atoms with Crippen molar-refractivity contribution in [3.05, 3.63) is 73.8 Å². The van der Waals surface area contributed by atoms with Crippen molar-refractivity contribution < 1.29 is 14.6 Å². The number of hydrogen-bond donors (Lipinski definition) is 1. The summed E-state index contributed by atoms with van der Waals surface area (Å²) >= 11 is 1.55. The largest absolute Gasteiger partial charge is 0.277 e. The summed E-state index contributed by atoms with van der Waals surface area (Å²) in [6.45, 7) is 0. The average molecular weight is 360 g/mol. The molecule has 0 aliphatic heterocycles. The third-order valence-electron chi connectivity index (χ3n) is 3.06. The van der Waals surface area contributed by atoms with Crippen LogP contribution in [0, 0.1) is 20.2 Å². The summed E-state index contributed by atoms with van der Waals surface area (Å²) in [6, 6.07) is 10.1. The maximum absolute atomic E-state index is 12.0. The fraction of sp³-hybridized carbons (Fsp3) is 0.0667. The molecule has 2 rings (SSSR count). The molecule has 9 nitrogen and oxygen atoms in total. The Kier molecular flexibility index (Phi) is 5.79. The van der Waals surface area contributed by atoms with Gasteiger partial charge >= 0.3 is 0 Å². The minimum atomic E-state index is -0.805. The molecule has 0 spiro atoms. The number of rotatable bonds is 6. The van der Waals surface area contributed by atoms with Crippen molar-refractivity contribution in [2.24, 2.45) is 5.10 Å². The summed E-state index contributed by atoms with van der Waals surface area (Å²) in [4.78, 5) is 33.1. The normalized spacial score (nSPS) is 10.6. The fourth-order valence-electron chi connectivity index (χ4n) is 1.89. The molecule has 0 radical (unpaired) electrons. The van der Waals surface area contributed by atoms with Gasteiger partial charge < -0.3 is 0 Å². The second-order valence-corrected chi connectivity index (χ2v) is 5.61. The molecule has 2 aromatic rings. The molecular weight excluding hydrogens is 348 g/mol. The predicted octanol–water partition coefficient (Wildman–Crippen LogP) is 2.99. The van der Waals surface area contributed by atoms with E-state index in [1.54, 1.807) is 17.8 Å². The Morgan fingerprint density at radius 2 is 1.76 bits per heavy atom. The number of non-ortho nitro benzene ring substituents is 2. The molecule has 0 aromatic heterocycles. The van der Waals surface area contributed by atoms with Gasteiger partial charge in [0.2, 0.25) is 0 Å². The number of hydrazone groups is 1. The zero-order valence-corrected chi connectivity index (χ0v) is 13.7. The molecule has 0 fully saturated rings. The highest BCUT2D eigenvalue weighted by atomic mass is 32.2. The number of carbonyl (C=O) groups excluding carboxylic acids is 1. The molecule has 0 aliphatic rings. The Labute approximate surface area is 146 Å². The van der Waals surface area contributed by atoms with Gasteiger partial charge in [0.1, 0.15) is 0 Å². The minimum absolute atomic E-state index is 0.226. The molecule has 128 valence electrons. The molecule has 10 heteroatoms. The van der Waals surface area contributed by atoms with Crippen molar-refractivity contribution >= 4 is 35.3 Å². The lowest BCUT2D eigenvalue weighted by molar-refractivity contribution is -0.394. The highest BCUT2D eigenvalue weighted by Crippen LogP contribution is 2.22. The first-order chi connectivity index (χ1) is 11.9. The summed E-state index contributed by atoms with van der Waals surface area (Å²) in [6.07, 6.45) is 3.33. The van der Waals surface area contributed by atoms with E-state index in [0.29, 0.717) is 0 Å². The van der Waals surface area contributed by atoms with Crippen molar-refractivity contribution in [3.8, 4) is 0 Å². The zero-order chi connectivity index (χ0) is 18.4. The van der Waals surface area contributed by atoms with Crippen LogP contribution in [0.3, 0.4) is 0 Å². The van der Waals surface area contributed by atoms with E-state index >= 15 is 0 Å². The van der Waals surface area contributed by atoms with E-state index in [1.165, 1.54) is 6.21 Å². The molecule has 0 unspecified atom stereocenters. The first-order valence-electron chi connectivity index (χ1n) is 6.82. The number of hydrogen-bond acceptors (Lipinski definition) is 7. The van der Waals surface area contributed by atoms with Gasteiger partial charge in [-0.05, 0) is 24.0 Å². The maximum atomic E-state index is 12.0. The van der Waals surface area contributed by atoms with Gasteiger partial charge in [-0.25, -0.2) is 5.43 Å². The standard InChI is InChI=1S/C15H12N4O5S/c1-25-14-4-2-3-10(5-14)9-16-17-15(20)11-6-12(18(21)22)8-13(7-11)19(23)24/h2-9H,1H3,(H,17,20)/b16-9+. The number of thioether (sulfide) groups is 1. The third kappa shape index (κ3) is 4.85. The summed E-state index contributed by atoms with van der Waals surface area (Å²) in [5, 5.41) is 25.4. The van der Waals surface area contributed by atoms with E-state index in [2.05, 4.69) is 10.5 Å². The summed E-state index contributed by atoms with van der Waals surface area (Å²) < 4.78 is 0. The number of carbonyl (C=O) groups is 1. The Morgan fingerprint density at radius 3 is 2.32 bits per heavy atom. The lowest BCUT2D eigenvalue weighted by Gasteiger charge is -2.01. The number of nitro benzene ring substituents is 2. The quantitative estimate of drug-likeness (QED) is 0.365. The first-order valence-corrected chi connectivity index (χ1v) is 8.04. The molecule has 0 bridgehead atoms. The van der Waals surface area contributed by atoms with Crippen LogP contribution in [0.4, 0.5) is 11.4 Å². The molecule has 1 amide bonds. The Hall–Kier alpha value is -3.27. The lowest BCUT2D eigenvalue weighted by atomic mass is 10.1. The Bertz CT molecular complexity index is 837. The van der Waals surface area contributed by atoms with E-state index in [4.69, 9.17) is 0 Å². The van der Waals surface area contributed by atoms with Crippen LogP contribution < -0.4 is 5.43 Å². The topological polar surface area (TPSA) is 128 Å². The van der Waals surface area contributed by atoms with Crippen molar-refractivity contribution in [1.29, 1.82) is 0 Å². The number of nitro groups is 2. The first kappa shape index (κ1) is 18.1. The maximum Gasteiger partial charge on any atom is 0.277 e. The van der Waals surface area contributed by atoms with Crippen LogP contribution in [0.15, 0.2) is 52.5 Å². The van der Waals surface area contributed by atoms with Gasteiger partial charge in [-0.1, -0.05) is 12.1 Å². The van der Waals surface area contributed by atoms with Crippen LogP contribution in [0.5, 0.6) is 0 Å². The van der Waals surface area contributed by atoms with Crippen LogP contribution in [0.25, 0.3) is 0 Å². The van der Waals surface area contributed by atoms with Gasteiger partial charge in [0.15, 0.2) is 0 Å². The zero-order valence-electron chi connectivity index (χ0n) is 12.9. The molecule has 0 saturated heterocycles. The molecule has 2 aromatic carbocycles. The SMILES string of the molecule is CSc1cccc(/C=N/NC(=O)c2cc([N+](=O)[O-])cc([N+](=O)[O-])c2)c1. The summed E-state index contributed by atoms with van der Waals surface area (Å²) in [5.41, 5.74) is 1.63. The second kappa shape index (κ2) is 8.02. The number of nitrogens with zero attached hydrogens (tertiary/aromatic N) is 3. The number of benzene rings is 2. The van der Waals surface area contributed by atoms with Crippen LogP contribution in [0.1, 0.15) is 15.9 Å². The van der Waals surface area contributed by atoms with Crippen molar-refractivity contribution in [3.63, 3.8) is 0 Å². The van der Waals surface area contributed by atoms with E-state index < -0.39 is 27.1 Å². The van der Waals surface area contributed by atoms with Gasteiger partial charge in [0, 0.05) is 17.0 Å². The molecule has 25 heavy (non-hydrogen) atoms. The minimum Gasteiger partial charge on any atom is -0.267 e. The number of amides is 1. The fourth-order valence-corrected chi connectivity index (χ4v) is 2.36. The monoisotopic (exact) mass is 360 g/mol. The molecule has 0 heterocycles. The Morgan fingerprint density at radius 1 is 1.12 bits per heavy atom. The van der Waals surface area contributed by atoms with Crippen LogP contribution in [0.2, 0.25) is 0 Å². The van der Waals surface area contributed by atoms with Gasteiger partial charge in [-0.15, -0.1) is 11.8 Å². The van der Waals surface area contributed by atoms with Crippen molar-refractivity contribution in [2.45, 2.75) is 4.90 Å². The average Bonchev–Trinajstić information content (AvgIpc) is 2.61. The molecule has 1 N–H and O–H groups in total. The summed E-state index contributed by atoms with van der Waals surface area (Å²) in [7, 11) is 0. The third-order valence-corrected chi connectivity index (χ3v) is 3.79. The van der Waals surface area contributed by atoms with Gasteiger partial charge in [0.05, 0.1) is 27.7 Å². The van der Waals surface area contributed by atoms with Gasteiger partial charge in [0.25, 0.3) is 17.3 Å². The molecular formula is C15H12N4O5S. The smallest absolute Gasteiger partial charge is 0.267 e. The highest BCUT2D eigenvalue weighted by molar-refractivity contribution is 7.98. The predicted molar refractivity (Wildman–Crippen MR) is 93.0 cm³/mol. The van der Waals surface area contributed by atoms with Crippen LogP contribution in [-0.4, -0.2) is 28.2 Å². The lowest BCUT2D eigenvalue weighted by Crippen LogP contribution is -2.18. The van der Waals surface area contributed by atoms with Crippen molar-refractivity contribution in [1.82, 2.24) is 5.43 Å². The van der Waals surface area contributed by atoms with E-state index in [1.807, 2.05) is 24.5 Å². The van der Waals surface area contributed by atoms with E-state index in [-0.39, 0.29) is 5.56 Å². The Balaban J connectivity index is 2.18. The summed E-state index contributed by atoms with van der Waals surface area (Å²) in [5.74, 6) is -0.788. The molecule has 0 saturated carbocycles. The van der Waals surface area contributed by atoms with Crippen molar-refractivity contribution in [2.75, 3.05) is 6.26 Å². The number of nitrogens with one attached hydrogen (secondary N) is 1. The highest BCUT2D eigenvalue weighted by Gasteiger charge is 2.19. The van der Waals surface area contributed by atoms with Gasteiger partial charge in [-0.3, -0.25) is 25.0 Å². The molecule has 0 atom stereocenters. The van der Waals surface area contributed by atoms with E-state index in [0.717, 1.165) is 28.7 Å². The van der Waals surface area contributed by atoms with Crippen LogP contribution in [-0.2, 0) is 0 Å². The second-order valence-electron chi connectivity index (χ2n) is 4.73. The molecule has 0 aliphatic carbocycles. The van der Waals surface area contributed by atoms with Crippen LogP contribution >= 0.6 is 11.8 Å². The van der Waals surface area contributed by atoms with E-state index in [9.17, 15) is 25.0 Å². The van der Waals surface area contributed by atoms with Gasteiger partial charge in [-0.2, -0.15) is 5.10 Å².